The van der Waals surface area contributed by atoms with Gasteiger partial charge in [-0.3, -0.25) is 9.69 Å². The molecule has 1 saturated heterocycles. The van der Waals surface area contributed by atoms with Gasteiger partial charge >= 0.3 is 6.03 Å². The first-order chi connectivity index (χ1) is 9.48. The Kier molecular flexibility index (Phi) is 3.27. The molecule has 2 aliphatic carbocycles. The predicted octanol–water partition coefficient (Wildman–Crippen LogP) is 1.65. The monoisotopic (exact) mass is 280 g/mol. The van der Waals surface area contributed by atoms with Gasteiger partial charge in [0, 0.05) is 0 Å². The molecule has 20 heavy (non-hydrogen) atoms. The third-order valence-corrected chi connectivity index (χ3v) is 5.71. The van der Waals surface area contributed by atoms with E-state index in [0.717, 1.165) is 32.1 Å². The van der Waals surface area contributed by atoms with Crippen LogP contribution in [0, 0.1) is 11.8 Å². The summed E-state index contributed by atoms with van der Waals surface area (Å²) in [7, 11) is 0. The lowest BCUT2D eigenvalue weighted by Crippen LogP contribution is -2.59. The highest BCUT2D eigenvalue weighted by Crippen LogP contribution is 2.43. The maximum absolute atomic E-state index is 13.0. The molecule has 1 spiro atoms. The van der Waals surface area contributed by atoms with E-state index in [1.165, 1.54) is 4.90 Å². The molecule has 5 heteroatoms. The van der Waals surface area contributed by atoms with Gasteiger partial charge in [-0.25, -0.2) is 4.79 Å². The average molecular weight is 280 g/mol. The van der Waals surface area contributed by atoms with Gasteiger partial charge in [-0.2, -0.15) is 0 Å². The Morgan fingerprint density at radius 3 is 2.25 bits per heavy atom. The van der Waals surface area contributed by atoms with Crippen LogP contribution in [0.25, 0.3) is 0 Å². The third-order valence-electron chi connectivity index (χ3n) is 5.71. The number of hydrogen-bond acceptors (Lipinski definition) is 3. The van der Waals surface area contributed by atoms with Gasteiger partial charge in [0.25, 0.3) is 5.91 Å². The topological polar surface area (TPSA) is 69.6 Å². The molecule has 2 saturated carbocycles. The summed E-state index contributed by atoms with van der Waals surface area (Å²) in [5.74, 6) is 0.214. The number of carbonyl (C=O) groups is 2. The van der Waals surface area contributed by atoms with Gasteiger partial charge < -0.3 is 10.4 Å². The van der Waals surface area contributed by atoms with E-state index in [0.29, 0.717) is 6.42 Å². The van der Waals surface area contributed by atoms with E-state index in [4.69, 9.17) is 0 Å². The fourth-order valence-corrected chi connectivity index (χ4v) is 4.44. The van der Waals surface area contributed by atoms with Crippen LogP contribution in [-0.4, -0.2) is 39.6 Å². The van der Waals surface area contributed by atoms with E-state index in [1.807, 2.05) is 0 Å². The lowest BCUT2D eigenvalue weighted by Gasteiger charge is -2.42. The summed E-state index contributed by atoms with van der Waals surface area (Å²) in [6.07, 6.45) is 4.77. The summed E-state index contributed by atoms with van der Waals surface area (Å²) < 4.78 is 0. The molecule has 0 aromatic heterocycles. The highest BCUT2D eigenvalue weighted by Gasteiger charge is 2.60. The zero-order valence-corrected chi connectivity index (χ0v) is 12.3. The zero-order chi connectivity index (χ0) is 14.5. The van der Waals surface area contributed by atoms with Crippen molar-refractivity contribution in [3.8, 4) is 0 Å². The Bertz CT molecular complexity index is 427. The van der Waals surface area contributed by atoms with E-state index < -0.39 is 11.6 Å². The van der Waals surface area contributed by atoms with Crippen molar-refractivity contribution < 1.29 is 14.7 Å². The normalized spacial score (nSPS) is 45.2. The highest BCUT2D eigenvalue weighted by molar-refractivity contribution is 6.08. The summed E-state index contributed by atoms with van der Waals surface area (Å²) in [5.41, 5.74) is -0.738. The molecular formula is C15H24N2O3. The number of urea groups is 1. The molecule has 3 rings (SSSR count). The number of imide groups is 1. The van der Waals surface area contributed by atoms with Crippen LogP contribution in [0.15, 0.2) is 0 Å². The second-order valence-electron chi connectivity index (χ2n) is 6.77. The highest BCUT2D eigenvalue weighted by atomic mass is 16.3. The van der Waals surface area contributed by atoms with Gasteiger partial charge in [-0.15, -0.1) is 0 Å². The Labute approximate surface area is 119 Å². The molecule has 2 N–H and O–H groups in total. The Hall–Kier alpha value is -1.10. The fourth-order valence-electron chi connectivity index (χ4n) is 4.44. The van der Waals surface area contributed by atoms with Crippen molar-refractivity contribution >= 4 is 11.9 Å². The number of amides is 3. The summed E-state index contributed by atoms with van der Waals surface area (Å²) in [5, 5.41) is 13.0. The van der Waals surface area contributed by atoms with Crippen molar-refractivity contribution in [1.82, 2.24) is 10.2 Å². The number of hydrogen-bond donors (Lipinski definition) is 2. The molecule has 112 valence electrons. The lowest BCUT2D eigenvalue weighted by molar-refractivity contribution is -0.139. The van der Waals surface area contributed by atoms with E-state index in [-0.39, 0.29) is 29.8 Å². The second-order valence-corrected chi connectivity index (χ2v) is 6.77. The Morgan fingerprint density at radius 1 is 1.10 bits per heavy atom. The van der Waals surface area contributed by atoms with Crippen LogP contribution in [0.5, 0.6) is 0 Å². The lowest BCUT2D eigenvalue weighted by atomic mass is 9.67. The first kappa shape index (κ1) is 13.9. The van der Waals surface area contributed by atoms with Gasteiger partial charge in [-0.05, 0) is 43.9 Å². The fraction of sp³-hybridized carbons (Fsp3) is 0.867. The average Bonchev–Trinajstić information content (AvgIpc) is 2.90. The quantitative estimate of drug-likeness (QED) is 0.717. The number of carbonyl (C=O) groups excluding carboxylic acids is 2. The summed E-state index contributed by atoms with van der Waals surface area (Å²) in [6.45, 7) is 4.12. The summed E-state index contributed by atoms with van der Waals surface area (Å²) in [4.78, 5) is 26.7. The van der Waals surface area contributed by atoms with Crippen molar-refractivity contribution in [3.63, 3.8) is 0 Å². The van der Waals surface area contributed by atoms with Crippen molar-refractivity contribution in [1.29, 1.82) is 0 Å². The molecule has 3 aliphatic rings. The van der Waals surface area contributed by atoms with Gasteiger partial charge in [-0.1, -0.05) is 20.3 Å². The smallest absolute Gasteiger partial charge is 0.325 e. The van der Waals surface area contributed by atoms with E-state index in [1.54, 1.807) is 0 Å². The van der Waals surface area contributed by atoms with Crippen LogP contribution in [0.4, 0.5) is 4.79 Å². The number of aliphatic hydroxyl groups is 1. The molecule has 3 fully saturated rings. The standard InChI is InChI=1S/C15H24N2O3/c1-9-5-3-6-10(2)15(9)13(19)17(14(20)16-15)11-7-4-8-12(11)18/h9-12,18H,3-8H2,1-2H3,(H,16,20)/t9?,10?,11-,12-,15?/m0/s1. The minimum Gasteiger partial charge on any atom is -0.391 e. The van der Waals surface area contributed by atoms with E-state index >= 15 is 0 Å². The molecule has 3 amide bonds. The first-order valence-corrected chi connectivity index (χ1v) is 7.82. The molecule has 0 radical (unpaired) electrons. The predicted molar refractivity (Wildman–Crippen MR) is 73.9 cm³/mol. The van der Waals surface area contributed by atoms with Gasteiger partial charge in [0.05, 0.1) is 12.1 Å². The molecule has 4 atom stereocenters. The molecular weight excluding hydrogens is 256 g/mol. The molecule has 2 unspecified atom stereocenters. The minimum absolute atomic E-state index is 0.104. The molecule has 0 bridgehead atoms. The maximum Gasteiger partial charge on any atom is 0.325 e. The largest absolute Gasteiger partial charge is 0.391 e. The molecule has 5 nitrogen and oxygen atoms in total. The van der Waals surface area contributed by atoms with Gasteiger partial charge in [0.15, 0.2) is 0 Å². The molecule has 0 aromatic rings. The summed E-state index contributed by atoms with van der Waals surface area (Å²) >= 11 is 0. The van der Waals surface area contributed by atoms with Crippen LogP contribution in [0.2, 0.25) is 0 Å². The minimum atomic E-state index is -0.738. The Balaban J connectivity index is 1.93. The molecule has 0 aromatic carbocycles. The summed E-state index contributed by atoms with van der Waals surface area (Å²) in [6, 6.07) is -0.634. The van der Waals surface area contributed by atoms with E-state index in [2.05, 4.69) is 19.2 Å². The van der Waals surface area contributed by atoms with Crippen LogP contribution in [0.3, 0.4) is 0 Å². The third kappa shape index (κ3) is 1.72. The zero-order valence-electron chi connectivity index (χ0n) is 12.3. The van der Waals surface area contributed by atoms with Crippen LogP contribution >= 0.6 is 0 Å². The number of nitrogens with one attached hydrogen (secondary N) is 1. The van der Waals surface area contributed by atoms with Crippen molar-refractivity contribution in [2.24, 2.45) is 11.8 Å². The molecule has 1 aliphatic heterocycles. The Morgan fingerprint density at radius 2 is 1.70 bits per heavy atom. The van der Waals surface area contributed by atoms with Crippen LogP contribution < -0.4 is 5.32 Å². The number of rotatable bonds is 1. The van der Waals surface area contributed by atoms with Crippen LogP contribution in [0.1, 0.15) is 52.4 Å². The van der Waals surface area contributed by atoms with E-state index in [9.17, 15) is 14.7 Å². The van der Waals surface area contributed by atoms with Gasteiger partial charge in [0.2, 0.25) is 0 Å². The van der Waals surface area contributed by atoms with Crippen molar-refractivity contribution in [2.45, 2.75) is 70.1 Å². The number of nitrogens with zero attached hydrogens (tertiary/aromatic N) is 1. The first-order valence-electron chi connectivity index (χ1n) is 7.82. The maximum atomic E-state index is 13.0. The second kappa shape index (κ2) is 4.72. The SMILES string of the molecule is CC1CCCC(C)C12NC(=O)N([C@H]1CCC[C@@H]1O)C2=O. The van der Waals surface area contributed by atoms with Gasteiger partial charge in [0.1, 0.15) is 5.54 Å². The van der Waals surface area contributed by atoms with Crippen molar-refractivity contribution in [2.75, 3.05) is 0 Å². The van der Waals surface area contributed by atoms with Crippen molar-refractivity contribution in [3.05, 3.63) is 0 Å². The molecule has 1 heterocycles. The van der Waals surface area contributed by atoms with Crippen LogP contribution in [-0.2, 0) is 4.79 Å². The number of aliphatic hydroxyl groups excluding tert-OH is 1.